The second-order valence-electron chi connectivity index (χ2n) is 15.6. The van der Waals surface area contributed by atoms with Crippen LogP contribution in [0.3, 0.4) is 0 Å². The number of hydrogen-bond acceptors (Lipinski definition) is 14. The first kappa shape index (κ1) is 49.2. The number of thiazole rings is 4. The first-order valence-corrected chi connectivity index (χ1v) is 25.7. The number of aromatic amines is 2. The molecule has 4 amide bonds. The van der Waals surface area contributed by atoms with Crippen LogP contribution >= 0.6 is 45.3 Å². The topological polar surface area (TPSA) is 225 Å². The van der Waals surface area contributed by atoms with Crippen molar-refractivity contribution in [2.24, 2.45) is 0 Å². The van der Waals surface area contributed by atoms with Gasteiger partial charge in [-0.15, -0.1) is 45.3 Å². The first-order valence-electron chi connectivity index (χ1n) is 22.2. The van der Waals surface area contributed by atoms with Crippen LogP contribution in [0.25, 0.3) is 44.3 Å². The molecule has 68 heavy (non-hydrogen) atoms. The molecule has 8 aromatic rings. The number of carbonyl (C=O) groups excluding carboxylic acids is 4. The monoisotopic (exact) mass is 988 g/mol. The summed E-state index contributed by atoms with van der Waals surface area (Å²) in [5, 5.41) is 16.4. The van der Waals surface area contributed by atoms with Crippen LogP contribution < -0.4 is 21.3 Å². The van der Waals surface area contributed by atoms with E-state index in [4.69, 9.17) is 0 Å². The number of carbonyl (C=O) groups is 4. The van der Waals surface area contributed by atoms with Gasteiger partial charge in [0.1, 0.15) is 26.4 Å². The molecule has 6 aromatic heterocycles. The summed E-state index contributed by atoms with van der Waals surface area (Å²) in [5.41, 5.74) is 12.0. The van der Waals surface area contributed by atoms with Crippen molar-refractivity contribution in [3.05, 3.63) is 128 Å². The lowest BCUT2D eigenvalue weighted by atomic mass is 10.1. The number of nitrogens with one attached hydrogen (secondary N) is 6. The van der Waals surface area contributed by atoms with Crippen LogP contribution in [-0.2, 0) is 9.59 Å². The maximum Gasteiger partial charge on any atom is 0.263 e. The molecule has 2 aromatic carbocycles. The Bertz CT molecular complexity index is 2560. The number of unbranched alkanes of at least 4 members (excludes halogenated alkanes) is 4. The number of benzene rings is 2. The molecule has 0 spiro atoms. The van der Waals surface area contributed by atoms with Crippen LogP contribution in [0.2, 0.25) is 0 Å². The SMILES string of the molecule is CNC(=O)CCCCC[C@H](NC(=O)c1cncs1)c1ncc(-c2ccc(-c3cscn3)cc2)[nH]1.CNC(=O)CCCCC[C@H](NC(=O)c1cncs1)c1ncc(-c2ccc(-c3nccs3)cc2)[nH]1. The van der Waals surface area contributed by atoms with E-state index in [-0.39, 0.29) is 35.7 Å². The summed E-state index contributed by atoms with van der Waals surface area (Å²) < 4.78 is 0. The van der Waals surface area contributed by atoms with Crippen molar-refractivity contribution in [2.75, 3.05) is 14.1 Å². The van der Waals surface area contributed by atoms with Gasteiger partial charge in [0.25, 0.3) is 11.8 Å². The predicted octanol–water partition coefficient (Wildman–Crippen LogP) is 9.65. The molecule has 0 aliphatic carbocycles. The third-order valence-electron chi connectivity index (χ3n) is 10.9. The molecule has 0 aliphatic rings. The molecule has 0 unspecified atom stereocenters. The zero-order valence-electron chi connectivity index (χ0n) is 37.6. The minimum atomic E-state index is -0.266. The molecule has 0 saturated carbocycles. The third kappa shape index (κ3) is 14.1. The molecule has 0 aliphatic heterocycles. The van der Waals surface area contributed by atoms with Crippen LogP contribution in [0.1, 0.15) is 107 Å². The summed E-state index contributed by atoms with van der Waals surface area (Å²) in [4.78, 5) is 82.0. The van der Waals surface area contributed by atoms with Gasteiger partial charge in [0.05, 0.1) is 70.5 Å². The molecular weight excluding hydrogens is 937 g/mol. The van der Waals surface area contributed by atoms with Gasteiger partial charge in [0.15, 0.2) is 0 Å². The van der Waals surface area contributed by atoms with Crippen LogP contribution in [0.5, 0.6) is 0 Å². The quantitative estimate of drug-likeness (QED) is 0.0353. The number of hydrogen-bond donors (Lipinski definition) is 6. The van der Waals surface area contributed by atoms with Gasteiger partial charge >= 0.3 is 0 Å². The van der Waals surface area contributed by atoms with Crippen molar-refractivity contribution < 1.29 is 19.2 Å². The van der Waals surface area contributed by atoms with Gasteiger partial charge in [-0.05, 0) is 36.8 Å². The highest BCUT2D eigenvalue weighted by atomic mass is 32.1. The Kier molecular flexibility index (Phi) is 18.4. The van der Waals surface area contributed by atoms with E-state index in [0.29, 0.717) is 47.1 Å². The van der Waals surface area contributed by atoms with E-state index in [1.54, 1.807) is 78.8 Å². The lowest BCUT2D eigenvalue weighted by Gasteiger charge is -2.16. The highest BCUT2D eigenvalue weighted by molar-refractivity contribution is 7.13. The van der Waals surface area contributed by atoms with Crippen molar-refractivity contribution >= 4 is 69.0 Å². The molecular formula is C48H52N12O4S4. The number of amides is 4. The summed E-state index contributed by atoms with van der Waals surface area (Å²) in [6.45, 7) is 0. The molecule has 352 valence electrons. The molecule has 0 fully saturated rings. The van der Waals surface area contributed by atoms with E-state index < -0.39 is 0 Å². The molecule has 0 bridgehead atoms. The highest BCUT2D eigenvalue weighted by Crippen LogP contribution is 2.29. The Labute approximate surface area is 410 Å². The number of H-pyrrole nitrogens is 2. The van der Waals surface area contributed by atoms with Gasteiger partial charge in [-0.3, -0.25) is 29.1 Å². The molecule has 16 nitrogen and oxygen atoms in total. The van der Waals surface area contributed by atoms with Gasteiger partial charge in [0, 0.05) is 55.0 Å². The molecule has 20 heteroatoms. The maximum atomic E-state index is 12.7. The highest BCUT2D eigenvalue weighted by Gasteiger charge is 2.22. The third-order valence-corrected chi connectivity index (χ3v) is 13.9. The predicted molar refractivity (Wildman–Crippen MR) is 269 cm³/mol. The van der Waals surface area contributed by atoms with Crippen LogP contribution in [0, 0.1) is 0 Å². The Morgan fingerprint density at radius 3 is 1.49 bits per heavy atom. The van der Waals surface area contributed by atoms with Gasteiger partial charge in [-0.1, -0.05) is 74.2 Å². The fraction of sp³-hybridized carbons (Fsp3) is 0.292. The number of rotatable bonds is 22. The summed E-state index contributed by atoms with van der Waals surface area (Å²) in [7, 11) is 3.29. The first-order chi connectivity index (χ1) is 33.3. The van der Waals surface area contributed by atoms with Crippen molar-refractivity contribution in [3.8, 4) is 44.3 Å². The minimum Gasteiger partial charge on any atom is -0.359 e. The summed E-state index contributed by atoms with van der Waals surface area (Å²) in [5.74, 6) is 1.19. The zero-order valence-corrected chi connectivity index (χ0v) is 40.8. The van der Waals surface area contributed by atoms with Gasteiger partial charge in [-0.25, -0.2) is 19.9 Å². The Balaban J connectivity index is 0.000000201. The smallest absolute Gasteiger partial charge is 0.263 e. The average molecular weight is 989 g/mol. The van der Waals surface area contributed by atoms with Gasteiger partial charge in [0.2, 0.25) is 11.8 Å². The van der Waals surface area contributed by atoms with Crippen molar-refractivity contribution in [1.29, 1.82) is 0 Å². The number of nitrogens with zero attached hydrogens (tertiary/aromatic N) is 6. The lowest BCUT2D eigenvalue weighted by molar-refractivity contribution is -0.121. The standard InChI is InChI=1S/2C24H26N6O2S2/c1-25-22(31)6-4-2-3-5-18(30-24(32)21-12-26-14-34-21)23-27-11-19(29-23)16-7-9-17(10-8-16)20-13-33-15-28-20;1-25-21(31)6-4-2-3-5-18(30-23(32)20-14-26-15-34-20)22-28-13-19(29-22)16-7-9-17(10-8-16)24-27-11-12-33-24/h7-15,18H,2-6H2,1H3,(H,25,31)(H,27,29)(H,30,32);7-15,18H,2-6H2,1H3,(H,25,31)(H,28,29)(H,30,32)/t2*18-/m00/s1. The minimum absolute atomic E-state index is 0.0477. The Morgan fingerprint density at radius 2 is 1.06 bits per heavy atom. The average Bonchev–Trinajstić information content (AvgIpc) is 4.23. The van der Waals surface area contributed by atoms with Crippen molar-refractivity contribution in [2.45, 2.75) is 76.3 Å². The summed E-state index contributed by atoms with van der Waals surface area (Å²) in [6, 6.07) is 15.8. The van der Waals surface area contributed by atoms with E-state index in [2.05, 4.69) is 61.1 Å². The Hall–Kier alpha value is -6.74. The second kappa shape index (κ2) is 25.4. The van der Waals surface area contributed by atoms with Crippen LogP contribution in [-0.4, -0.2) is 77.6 Å². The number of imidazole rings is 2. The summed E-state index contributed by atoms with van der Waals surface area (Å²) in [6.07, 6.45) is 16.1. The Morgan fingerprint density at radius 1 is 0.559 bits per heavy atom. The van der Waals surface area contributed by atoms with E-state index in [0.717, 1.165) is 82.9 Å². The van der Waals surface area contributed by atoms with Gasteiger partial charge < -0.3 is 31.2 Å². The molecule has 2 atom stereocenters. The fourth-order valence-electron chi connectivity index (χ4n) is 7.20. The normalized spacial score (nSPS) is 11.8. The van der Waals surface area contributed by atoms with E-state index in [9.17, 15) is 19.2 Å². The van der Waals surface area contributed by atoms with Crippen LogP contribution in [0.4, 0.5) is 0 Å². The second-order valence-corrected chi connectivity index (χ2v) is 18.9. The molecule has 6 heterocycles. The van der Waals surface area contributed by atoms with Crippen molar-refractivity contribution in [1.82, 2.24) is 61.1 Å². The van der Waals surface area contributed by atoms with E-state index in [1.807, 2.05) is 64.8 Å². The lowest BCUT2D eigenvalue weighted by Crippen LogP contribution is -2.28. The van der Waals surface area contributed by atoms with E-state index >= 15 is 0 Å². The fourth-order valence-corrected chi connectivity index (χ4v) is 9.45. The largest absolute Gasteiger partial charge is 0.359 e. The summed E-state index contributed by atoms with van der Waals surface area (Å²) >= 11 is 5.79. The van der Waals surface area contributed by atoms with E-state index in [1.165, 1.54) is 22.7 Å². The maximum absolute atomic E-state index is 12.7. The molecule has 6 N–H and O–H groups in total. The zero-order chi connectivity index (χ0) is 47.5. The molecule has 8 rings (SSSR count). The van der Waals surface area contributed by atoms with Gasteiger partial charge in [-0.2, -0.15) is 0 Å². The number of aromatic nitrogens is 8. The molecule has 0 radical (unpaired) electrons. The molecule has 0 saturated heterocycles. The van der Waals surface area contributed by atoms with Crippen molar-refractivity contribution in [3.63, 3.8) is 0 Å². The van der Waals surface area contributed by atoms with Crippen LogP contribution in [0.15, 0.2) is 107 Å².